The van der Waals surface area contributed by atoms with Gasteiger partial charge in [0.2, 0.25) is 0 Å². The van der Waals surface area contributed by atoms with Crippen molar-refractivity contribution in [2.24, 2.45) is 7.05 Å². The number of anilines is 2. The van der Waals surface area contributed by atoms with Crippen LogP contribution in [0.5, 0.6) is 0 Å². The van der Waals surface area contributed by atoms with E-state index in [-0.39, 0.29) is 11.6 Å². The van der Waals surface area contributed by atoms with Crippen LogP contribution in [-0.2, 0) is 18.0 Å². The lowest BCUT2D eigenvalue weighted by atomic mass is 10.2. The molecule has 24 heavy (non-hydrogen) atoms. The first kappa shape index (κ1) is 16.3. The van der Waals surface area contributed by atoms with Crippen LogP contribution >= 0.6 is 0 Å². The SMILES string of the molecule is Cc1cc(N2CCC(Nc3ccnc(C(F)(F)F)c3)C2=O)n(C)n1. The maximum absolute atomic E-state index is 12.7. The molecular weight excluding hydrogens is 323 g/mol. The van der Waals surface area contributed by atoms with Crippen LogP contribution in [0.2, 0.25) is 0 Å². The summed E-state index contributed by atoms with van der Waals surface area (Å²) in [5.74, 6) is 0.482. The molecule has 1 atom stereocenters. The number of pyridine rings is 1. The molecule has 1 fully saturated rings. The van der Waals surface area contributed by atoms with Crippen molar-refractivity contribution < 1.29 is 18.0 Å². The molecule has 128 valence electrons. The highest BCUT2D eigenvalue weighted by molar-refractivity contribution is 6.00. The van der Waals surface area contributed by atoms with Crippen LogP contribution in [0.3, 0.4) is 0 Å². The van der Waals surface area contributed by atoms with E-state index in [0.29, 0.717) is 18.8 Å². The van der Waals surface area contributed by atoms with Crippen molar-refractivity contribution in [3.63, 3.8) is 0 Å². The molecule has 1 unspecified atom stereocenters. The van der Waals surface area contributed by atoms with Crippen LogP contribution in [0.4, 0.5) is 24.7 Å². The van der Waals surface area contributed by atoms with E-state index in [9.17, 15) is 18.0 Å². The van der Waals surface area contributed by atoms with Gasteiger partial charge in [0.25, 0.3) is 5.91 Å². The maximum Gasteiger partial charge on any atom is 0.433 e. The van der Waals surface area contributed by atoms with Gasteiger partial charge in [0, 0.05) is 31.5 Å². The molecule has 1 aliphatic rings. The second-order valence-corrected chi connectivity index (χ2v) is 5.67. The predicted octanol–water partition coefficient (Wildman–Crippen LogP) is 2.36. The van der Waals surface area contributed by atoms with Gasteiger partial charge in [-0.2, -0.15) is 18.3 Å². The largest absolute Gasteiger partial charge is 0.433 e. The normalized spacial score (nSPS) is 18.3. The minimum absolute atomic E-state index is 0.191. The molecule has 1 N–H and O–H groups in total. The minimum atomic E-state index is -4.52. The number of nitrogens with zero attached hydrogens (tertiary/aromatic N) is 4. The van der Waals surface area contributed by atoms with Gasteiger partial charge in [0.15, 0.2) is 0 Å². The molecule has 9 heteroatoms. The number of halogens is 3. The highest BCUT2D eigenvalue weighted by Gasteiger charge is 2.35. The van der Waals surface area contributed by atoms with E-state index < -0.39 is 17.9 Å². The number of carbonyl (C=O) groups excluding carboxylic acids is 1. The smallest absolute Gasteiger partial charge is 0.374 e. The van der Waals surface area contributed by atoms with Crippen molar-refractivity contribution >= 4 is 17.4 Å². The van der Waals surface area contributed by atoms with Gasteiger partial charge in [-0.3, -0.25) is 19.4 Å². The molecule has 1 aliphatic heterocycles. The molecule has 1 amide bonds. The lowest BCUT2D eigenvalue weighted by Crippen LogP contribution is -2.34. The topological polar surface area (TPSA) is 63.1 Å². The number of hydrogen-bond donors (Lipinski definition) is 1. The van der Waals surface area contributed by atoms with E-state index in [1.54, 1.807) is 22.7 Å². The van der Waals surface area contributed by atoms with E-state index in [2.05, 4.69) is 15.4 Å². The first-order valence-corrected chi connectivity index (χ1v) is 7.37. The molecular formula is C15H16F3N5O. The third-order valence-corrected chi connectivity index (χ3v) is 3.85. The van der Waals surface area contributed by atoms with E-state index in [1.165, 1.54) is 6.07 Å². The maximum atomic E-state index is 12.7. The monoisotopic (exact) mass is 339 g/mol. The van der Waals surface area contributed by atoms with Crippen molar-refractivity contribution in [1.29, 1.82) is 0 Å². The Bertz CT molecular complexity index is 771. The number of nitrogens with one attached hydrogen (secondary N) is 1. The quantitative estimate of drug-likeness (QED) is 0.932. The summed E-state index contributed by atoms with van der Waals surface area (Å²) in [4.78, 5) is 17.4. The molecule has 0 aliphatic carbocycles. The Morgan fingerprint density at radius 3 is 2.71 bits per heavy atom. The fourth-order valence-corrected chi connectivity index (χ4v) is 2.77. The standard InChI is InChI=1S/C15H16F3N5O/c1-9-7-13(22(2)21-9)23-6-4-11(14(23)24)20-10-3-5-19-12(8-10)15(16,17)18/h3,5,7-8,11H,4,6H2,1-2H3,(H,19,20). The summed E-state index contributed by atoms with van der Waals surface area (Å²) in [6.07, 6.45) is -2.95. The number of aromatic nitrogens is 3. The highest BCUT2D eigenvalue weighted by atomic mass is 19.4. The second-order valence-electron chi connectivity index (χ2n) is 5.67. The van der Waals surface area contributed by atoms with Crippen LogP contribution in [0.1, 0.15) is 17.8 Å². The lowest BCUT2D eigenvalue weighted by molar-refractivity contribution is -0.141. The molecule has 3 rings (SSSR count). The second kappa shape index (κ2) is 5.81. The van der Waals surface area contributed by atoms with Gasteiger partial charge in [-0.1, -0.05) is 0 Å². The molecule has 1 saturated heterocycles. The van der Waals surface area contributed by atoms with Crippen molar-refractivity contribution in [3.05, 3.63) is 35.8 Å². The van der Waals surface area contributed by atoms with Gasteiger partial charge < -0.3 is 5.32 Å². The average molecular weight is 339 g/mol. The van der Waals surface area contributed by atoms with Gasteiger partial charge >= 0.3 is 6.18 Å². The van der Waals surface area contributed by atoms with Crippen molar-refractivity contribution in [2.75, 3.05) is 16.8 Å². The van der Waals surface area contributed by atoms with Crippen molar-refractivity contribution in [3.8, 4) is 0 Å². The van der Waals surface area contributed by atoms with Crippen LogP contribution in [-0.4, -0.2) is 33.3 Å². The number of hydrogen-bond acceptors (Lipinski definition) is 4. The summed E-state index contributed by atoms with van der Waals surface area (Å²) in [5, 5.41) is 7.08. The van der Waals surface area contributed by atoms with Crippen LogP contribution < -0.4 is 10.2 Å². The molecule has 0 radical (unpaired) electrons. The number of aryl methyl sites for hydroxylation is 2. The van der Waals surface area contributed by atoms with Crippen molar-refractivity contribution in [1.82, 2.24) is 14.8 Å². The number of amides is 1. The van der Waals surface area contributed by atoms with Gasteiger partial charge in [-0.15, -0.1) is 0 Å². The Morgan fingerprint density at radius 2 is 2.08 bits per heavy atom. The highest BCUT2D eigenvalue weighted by Crippen LogP contribution is 2.30. The molecule has 6 nitrogen and oxygen atoms in total. The number of rotatable bonds is 3. The van der Waals surface area contributed by atoms with Crippen molar-refractivity contribution in [2.45, 2.75) is 25.6 Å². The minimum Gasteiger partial charge on any atom is -0.374 e. The Kier molecular flexibility index (Phi) is 3.94. The van der Waals surface area contributed by atoms with E-state index in [4.69, 9.17) is 0 Å². The molecule has 0 aromatic carbocycles. The molecule has 3 heterocycles. The van der Waals surface area contributed by atoms with Gasteiger partial charge in [0.1, 0.15) is 17.6 Å². The summed E-state index contributed by atoms with van der Waals surface area (Å²) >= 11 is 0. The summed E-state index contributed by atoms with van der Waals surface area (Å²) < 4.78 is 39.8. The molecule has 0 bridgehead atoms. The molecule has 2 aromatic rings. The third kappa shape index (κ3) is 3.06. The molecule has 0 saturated carbocycles. The predicted molar refractivity (Wildman–Crippen MR) is 81.6 cm³/mol. The van der Waals surface area contributed by atoms with Gasteiger partial charge in [-0.25, -0.2) is 0 Å². The zero-order chi connectivity index (χ0) is 17.5. The fourth-order valence-electron chi connectivity index (χ4n) is 2.77. The van der Waals surface area contributed by atoms with E-state index >= 15 is 0 Å². The van der Waals surface area contributed by atoms with Gasteiger partial charge in [-0.05, 0) is 25.5 Å². The Morgan fingerprint density at radius 1 is 1.33 bits per heavy atom. The summed E-state index contributed by atoms with van der Waals surface area (Å²) in [6.45, 7) is 2.31. The zero-order valence-electron chi connectivity index (χ0n) is 13.1. The van der Waals surface area contributed by atoms with Gasteiger partial charge in [0.05, 0.1) is 5.69 Å². The summed E-state index contributed by atoms with van der Waals surface area (Å²) in [5.41, 5.74) is 0.0245. The zero-order valence-corrected chi connectivity index (χ0v) is 13.1. The number of alkyl halides is 3. The fraction of sp³-hybridized carbons (Fsp3) is 0.400. The molecule has 2 aromatic heterocycles. The van der Waals surface area contributed by atoms with Crippen LogP contribution in [0.15, 0.2) is 24.4 Å². The Balaban J connectivity index is 1.76. The average Bonchev–Trinajstić information content (AvgIpc) is 3.01. The molecule has 0 spiro atoms. The van der Waals surface area contributed by atoms with Crippen LogP contribution in [0, 0.1) is 6.92 Å². The summed E-state index contributed by atoms with van der Waals surface area (Å²) in [6, 6.07) is 3.54. The van der Waals surface area contributed by atoms with E-state index in [1.807, 2.05) is 6.92 Å². The number of carbonyl (C=O) groups is 1. The third-order valence-electron chi connectivity index (χ3n) is 3.85. The first-order chi connectivity index (χ1) is 11.3. The summed E-state index contributed by atoms with van der Waals surface area (Å²) in [7, 11) is 1.74. The van der Waals surface area contributed by atoms with E-state index in [0.717, 1.165) is 18.0 Å². The Hall–Kier alpha value is -2.58. The first-order valence-electron chi connectivity index (χ1n) is 7.37. The van der Waals surface area contributed by atoms with Crippen LogP contribution in [0.25, 0.3) is 0 Å². The lowest BCUT2D eigenvalue weighted by Gasteiger charge is -2.17. The Labute approximate surface area is 136 Å².